The molecule has 0 radical (unpaired) electrons. The summed E-state index contributed by atoms with van der Waals surface area (Å²) < 4.78 is 20.3. The van der Waals surface area contributed by atoms with Gasteiger partial charge in [0.25, 0.3) is 0 Å². The highest BCUT2D eigenvalue weighted by atomic mass is 19.1. The third-order valence-corrected chi connectivity index (χ3v) is 10.5. The highest BCUT2D eigenvalue weighted by molar-refractivity contribution is 5.98. The largest absolute Gasteiger partial charge is 0.384 e. The second kappa shape index (κ2) is 7.97. The van der Waals surface area contributed by atoms with Gasteiger partial charge >= 0.3 is 0 Å². The number of rotatable bonds is 4. The number of methoxy groups -OCH3 is 1. The molecule has 31 heavy (non-hydrogen) atoms. The normalized spacial score (nSPS) is 44.3. The summed E-state index contributed by atoms with van der Waals surface area (Å²) in [5.41, 5.74) is 0.667. The molecule has 0 heterocycles. The van der Waals surface area contributed by atoms with E-state index in [0.717, 1.165) is 43.6 Å². The highest BCUT2D eigenvalue weighted by Crippen LogP contribution is 2.68. The molecule has 0 saturated heterocycles. The van der Waals surface area contributed by atoms with Crippen molar-refractivity contribution in [2.75, 3.05) is 13.7 Å². The van der Waals surface area contributed by atoms with Gasteiger partial charge in [-0.2, -0.15) is 0 Å². The molecule has 3 heteroatoms. The topological polar surface area (TPSA) is 26.3 Å². The van der Waals surface area contributed by atoms with Gasteiger partial charge in [-0.25, -0.2) is 4.39 Å². The summed E-state index contributed by atoms with van der Waals surface area (Å²) in [5.74, 6) is 3.35. The van der Waals surface area contributed by atoms with E-state index in [1.165, 1.54) is 44.6 Å². The smallest absolute Gasteiger partial charge is 0.169 e. The lowest BCUT2D eigenvalue weighted by atomic mass is 9.43. The maximum atomic E-state index is 14.4. The Kier molecular flexibility index (Phi) is 5.56. The maximum absolute atomic E-state index is 14.4. The molecule has 0 N–H and O–H groups in total. The van der Waals surface area contributed by atoms with Crippen LogP contribution in [-0.2, 0) is 4.74 Å². The van der Waals surface area contributed by atoms with Crippen molar-refractivity contribution in [2.24, 2.45) is 46.3 Å². The van der Waals surface area contributed by atoms with Gasteiger partial charge in [0.15, 0.2) is 5.78 Å². The lowest BCUT2D eigenvalue weighted by Gasteiger charge is -2.61. The Morgan fingerprint density at radius 2 is 1.87 bits per heavy atom. The van der Waals surface area contributed by atoms with Gasteiger partial charge in [-0.1, -0.05) is 32.4 Å². The van der Waals surface area contributed by atoms with E-state index >= 15 is 0 Å². The highest BCUT2D eigenvalue weighted by Gasteiger charge is 2.62. The first-order valence-electron chi connectivity index (χ1n) is 12.7. The average molecular weight is 427 g/mol. The summed E-state index contributed by atoms with van der Waals surface area (Å²) in [5, 5.41) is 0. The number of hydrogen-bond donors (Lipinski definition) is 0. The summed E-state index contributed by atoms with van der Waals surface area (Å²) in [4.78, 5) is 13.5. The number of Topliss-reactive ketones (excluding diaryl/α,β-unsaturated/α-hetero) is 1. The molecule has 170 valence electrons. The molecule has 2 nitrogen and oxygen atoms in total. The molecule has 1 aromatic rings. The minimum atomic E-state index is -0.357. The number of hydrogen-bond acceptors (Lipinski definition) is 2. The van der Waals surface area contributed by atoms with E-state index in [2.05, 4.69) is 13.8 Å². The standard InChI is InChI=1S/C28H39FO2/c1-18-12-15-28(17-31-3)19(16-18)8-9-20-22-10-11-24(27(22,2)14-13-23(20)28)26(30)21-6-4-5-7-25(21)29/h4-7,18-20,22-24H,8-17H2,1-3H3. The average Bonchev–Trinajstić information content (AvgIpc) is 3.11. The SMILES string of the molecule is COCC12CCC(C)CC1CCC1C3CCC(C(=O)c4ccccc4F)C3(C)CCC12. The van der Waals surface area contributed by atoms with Gasteiger partial charge in [-0.15, -0.1) is 0 Å². The van der Waals surface area contributed by atoms with Crippen molar-refractivity contribution in [3.05, 3.63) is 35.6 Å². The van der Waals surface area contributed by atoms with Crippen molar-refractivity contribution < 1.29 is 13.9 Å². The van der Waals surface area contributed by atoms with Gasteiger partial charge in [-0.3, -0.25) is 4.79 Å². The van der Waals surface area contributed by atoms with Crippen LogP contribution in [0.4, 0.5) is 4.39 Å². The molecule has 0 aliphatic heterocycles. The second-order valence-corrected chi connectivity index (χ2v) is 11.7. The van der Waals surface area contributed by atoms with Crippen LogP contribution in [0.1, 0.15) is 82.0 Å². The molecule has 0 spiro atoms. The van der Waals surface area contributed by atoms with E-state index in [0.29, 0.717) is 22.8 Å². The lowest BCUT2D eigenvalue weighted by Crippen LogP contribution is -2.56. The third-order valence-electron chi connectivity index (χ3n) is 10.5. The van der Waals surface area contributed by atoms with E-state index in [9.17, 15) is 9.18 Å². The van der Waals surface area contributed by atoms with Crippen molar-refractivity contribution in [2.45, 2.75) is 71.6 Å². The molecule has 0 aromatic heterocycles. The van der Waals surface area contributed by atoms with E-state index in [1.807, 2.05) is 7.11 Å². The molecule has 1 aromatic carbocycles. The lowest BCUT2D eigenvalue weighted by molar-refractivity contribution is -0.149. The number of ketones is 1. The van der Waals surface area contributed by atoms with Crippen LogP contribution in [0.15, 0.2) is 24.3 Å². The predicted octanol–water partition coefficient (Wildman–Crippen LogP) is 6.93. The molecular weight excluding hydrogens is 387 g/mol. The van der Waals surface area contributed by atoms with Crippen LogP contribution in [-0.4, -0.2) is 19.5 Å². The molecule has 5 rings (SSSR count). The Hall–Kier alpha value is -1.22. The predicted molar refractivity (Wildman–Crippen MR) is 121 cm³/mol. The fourth-order valence-electron chi connectivity index (χ4n) is 9.09. The number of carbonyl (C=O) groups is 1. The minimum Gasteiger partial charge on any atom is -0.384 e. The van der Waals surface area contributed by atoms with Crippen molar-refractivity contribution in [3.63, 3.8) is 0 Å². The summed E-state index contributed by atoms with van der Waals surface area (Å²) in [7, 11) is 1.89. The van der Waals surface area contributed by atoms with Crippen molar-refractivity contribution in [1.82, 2.24) is 0 Å². The van der Waals surface area contributed by atoms with Gasteiger partial charge < -0.3 is 4.74 Å². The van der Waals surface area contributed by atoms with Crippen molar-refractivity contribution in [3.8, 4) is 0 Å². The van der Waals surface area contributed by atoms with Crippen molar-refractivity contribution >= 4 is 5.78 Å². The molecular formula is C28H39FO2. The Morgan fingerprint density at radius 3 is 2.65 bits per heavy atom. The first kappa shape index (κ1) is 21.6. The molecule has 8 atom stereocenters. The van der Waals surface area contributed by atoms with E-state index in [1.54, 1.807) is 18.2 Å². The van der Waals surface area contributed by atoms with Gasteiger partial charge in [-0.05, 0) is 104 Å². The third kappa shape index (κ3) is 3.24. The second-order valence-electron chi connectivity index (χ2n) is 11.7. The molecule has 4 aliphatic carbocycles. The number of carbonyl (C=O) groups excluding carboxylic acids is 1. The molecule has 0 bridgehead atoms. The number of fused-ring (bicyclic) bond motifs is 5. The van der Waals surface area contributed by atoms with Gasteiger partial charge in [0.1, 0.15) is 5.82 Å². The van der Waals surface area contributed by atoms with Crippen LogP contribution >= 0.6 is 0 Å². The zero-order valence-corrected chi connectivity index (χ0v) is 19.5. The summed E-state index contributed by atoms with van der Waals surface area (Å²) >= 11 is 0. The quantitative estimate of drug-likeness (QED) is 0.488. The molecule has 4 saturated carbocycles. The molecule has 4 aliphatic rings. The number of benzene rings is 1. The molecule has 4 fully saturated rings. The summed E-state index contributed by atoms with van der Waals surface area (Å²) in [6.07, 6.45) is 11.0. The number of ether oxygens (including phenoxy) is 1. The molecule has 0 amide bonds. The maximum Gasteiger partial charge on any atom is 0.169 e. The Balaban J connectivity index is 1.43. The van der Waals surface area contributed by atoms with Gasteiger partial charge in [0.05, 0.1) is 12.2 Å². The monoisotopic (exact) mass is 426 g/mol. The minimum absolute atomic E-state index is 0.0174. The van der Waals surface area contributed by atoms with E-state index < -0.39 is 0 Å². The number of halogens is 1. The van der Waals surface area contributed by atoms with Crippen LogP contribution in [0.2, 0.25) is 0 Å². The van der Waals surface area contributed by atoms with Crippen LogP contribution < -0.4 is 0 Å². The van der Waals surface area contributed by atoms with Crippen molar-refractivity contribution in [1.29, 1.82) is 0 Å². The van der Waals surface area contributed by atoms with E-state index in [4.69, 9.17) is 4.74 Å². The van der Waals surface area contributed by atoms with Gasteiger partial charge in [0.2, 0.25) is 0 Å². The zero-order valence-electron chi connectivity index (χ0n) is 19.5. The first-order chi connectivity index (χ1) is 14.9. The van der Waals surface area contributed by atoms with Gasteiger partial charge in [0, 0.05) is 13.0 Å². The van der Waals surface area contributed by atoms with Crippen LogP contribution in [0.25, 0.3) is 0 Å². The van der Waals surface area contributed by atoms with Crippen LogP contribution in [0, 0.1) is 52.2 Å². The summed E-state index contributed by atoms with van der Waals surface area (Å²) in [6.45, 7) is 5.70. The fraction of sp³-hybridized carbons (Fsp3) is 0.750. The first-order valence-corrected chi connectivity index (χ1v) is 12.7. The van der Waals surface area contributed by atoms with Crippen LogP contribution in [0.3, 0.4) is 0 Å². The molecule has 8 unspecified atom stereocenters. The van der Waals surface area contributed by atoms with Crippen LogP contribution in [0.5, 0.6) is 0 Å². The Bertz CT molecular complexity index is 836. The summed E-state index contributed by atoms with van der Waals surface area (Å²) in [6, 6.07) is 6.58. The Morgan fingerprint density at radius 1 is 1.06 bits per heavy atom. The zero-order chi connectivity index (χ0) is 21.8. The van der Waals surface area contributed by atoms with E-state index in [-0.39, 0.29) is 22.9 Å². The fourth-order valence-corrected chi connectivity index (χ4v) is 9.09. The Labute approximate surface area is 187 Å².